The predicted octanol–water partition coefficient (Wildman–Crippen LogP) is 5.67. The van der Waals surface area contributed by atoms with Gasteiger partial charge in [0.25, 0.3) is 0 Å². The third kappa shape index (κ3) is 4.03. The first kappa shape index (κ1) is 21.4. The van der Waals surface area contributed by atoms with Gasteiger partial charge in [0.05, 0.1) is 6.33 Å². The fraction of sp³-hybridized carbons (Fsp3) is 0.385. The van der Waals surface area contributed by atoms with Crippen LogP contribution in [0.1, 0.15) is 68.0 Å². The van der Waals surface area contributed by atoms with Crippen LogP contribution in [0.25, 0.3) is 28.6 Å². The molecule has 170 valence electrons. The molecule has 4 heterocycles. The number of imidazole rings is 1. The number of hydrogen-bond acceptors (Lipinski definition) is 5. The molecule has 5 rings (SSSR count). The number of H-pyrrole nitrogens is 1. The lowest BCUT2D eigenvalue weighted by Crippen LogP contribution is -2.10. The predicted molar refractivity (Wildman–Crippen MR) is 133 cm³/mol. The molecule has 0 aromatic carbocycles. The summed E-state index contributed by atoms with van der Waals surface area (Å²) >= 11 is 0. The molecule has 0 saturated carbocycles. The Bertz CT molecular complexity index is 1310. The maximum Gasteiger partial charge on any atom is 0.166 e. The van der Waals surface area contributed by atoms with Crippen LogP contribution in [-0.2, 0) is 6.42 Å². The molecule has 0 fully saturated rings. The fourth-order valence-electron chi connectivity index (χ4n) is 4.49. The van der Waals surface area contributed by atoms with Gasteiger partial charge < -0.3 is 14.9 Å². The van der Waals surface area contributed by atoms with Gasteiger partial charge in [-0.25, -0.2) is 15.0 Å². The molecule has 0 bridgehead atoms. The highest BCUT2D eigenvalue weighted by molar-refractivity contribution is 5.85. The number of rotatable bonds is 7. The van der Waals surface area contributed by atoms with Crippen molar-refractivity contribution in [3.05, 3.63) is 59.4 Å². The summed E-state index contributed by atoms with van der Waals surface area (Å²) in [5, 5.41) is 3.55. The Kier molecular flexibility index (Phi) is 5.70. The van der Waals surface area contributed by atoms with Crippen molar-refractivity contribution in [3.63, 3.8) is 0 Å². The summed E-state index contributed by atoms with van der Waals surface area (Å²) in [6.45, 7) is 9.43. The van der Waals surface area contributed by atoms with Crippen molar-refractivity contribution in [3.8, 4) is 11.4 Å². The first-order valence-electron chi connectivity index (χ1n) is 11.8. The Labute approximate surface area is 194 Å². The molecule has 0 spiro atoms. The largest absolute Gasteiger partial charge is 0.368 e. The molecule has 0 amide bonds. The van der Waals surface area contributed by atoms with Crippen LogP contribution in [0.4, 0.5) is 5.82 Å². The Morgan fingerprint density at radius 2 is 2.15 bits per heavy atom. The lowest BCUT2D eigenvalue weighted by atomic mass is 9.92. The number of pyridine rings is 1. The van der Waals surface area contributed by atoms with Crippen molar-refractivity contribution >= 4 is 23.1 Å². The van der Waals surface area contributed by atoms with Crippen LogP contribution < -0.4 is 5.32 Å². The molecule has 1 aliphatic carbocycles. The van der Waals surface area contributed by atoms with E-state index in [4.69, 9.17) is 9.97 Å². The van der Waals surface area contributed by atoms with Gasteiger partial charge in [0.1, 0.15) is 5.52 Å². The average Bonchev–Trinajstić information content (AvgIpc) is 3.44. The summed E-state index contributed by atoms with van der Waals surface area (Å²) in [6, 6.07) is 2.38. The number of nitrogens with zero attached hydrogens (tertiary/aromatic N) is 5. The number of aryl methyl sites for hydroxylation is 1. The average molecular weight is 442 g/mol. The van der Waals surface area contributed by atoms with E-state index in [9.17, 15) is 0 Å². The van der Waals surface area contributed by atoms with Gasteiger partial charge >= 0.3 is 0 Å². The topological polar surface area (TPSA) is 84.3 Å². The van der Waals surface area contributed by atoms with Crippen molar-refractivity contribution in [2.75, 3.05) is 11.9 Å². The third-order valence-electron chi connectivity index (χ3n) is 6.61. The molecule has 4 aromatic rings. The van der Waals surface area contributed by atoms with Crippen molar-refractivity contribution in [2.45, 2.75) is 58.9 Å². The van der Waals surface area contributed by atoms with E-state index in [0.717, 1.165) is 53.9 Å². The van der Waals surface area contributed by atoms with E-state index in [1.54, 1.807) is 0 Å². The highest BCUT2D eigenvalue weighted by Gasteiger charge is 2.19. The zero-order valence-corrected chi connectivity index (χ0v) is 19.8. The standard InChI is InChI=1S/C26H31N7/c1-5-18(4)33-15-30-23-25(31-24(32-26(23)33)20-11-16(2)12-27-13-20)28-10-9-19-14-29-22-17(3)7-6-8-21(19)22/h6,8,11-15,17-18,29H,5,7,9-10H2,1-4H3,(H,28,31,32)/t17?,18-/m1/s1. The zero-order chi connectivity index (χ0) is 22.9. The van der Waals surface area contributed by atoms with Crippen LogP contribution in [0.5, 0.6) is 0 Å². The molecule has 0 aliphatic heterocycles. The Morgan fingerprint density at radius 1 is 1.27 bits per heavy atom. The van der Waals surface area contributed by atoms with E-state index >= 15 is 0 Å². The first-order chi connectivity index (χ1) is 16.0. The zero-order valence-electron chi connectivity index (χ0n) is 19.8. The van der Waals surface area contributed by atoms with Crippen LogP contribution in [0.3, 0.4) is 0 Å². The van der Waals surface area contributed by atoms with Crippen LogP contribution in [0.2, 0.25) is 0 Å². The van der Waals surface area contributed by atoms with Gasteiger partial charge in [-0.05, 0) is 55.9 Å². The minimum Gasteiger partial charge on any atom is -0.368 e. The molecule has 0 saturated heterocycles. The maximum absolute atomic E-state index is 4.90. The Hall–Kier alpha value is -3.48. The molecule has 2 atom stereocenters. The van der Waals surface area contributed by atoms with E-state index in [1.807, 2.05) is 25.6 Å². The summed E-state index contributed by atoms with van der Waals surface area (Å²) in [7, 11) is 0. The van der Waals surface area contributed by atoms with Gasteiger partial charge in [-0.3, -0.25) is 4.98 Å². The molecule has 33 heavy (non-hydrogen) atoms. The summed E-state index contributed by atoms with van der Waals surface area (Å²) in [5.74, 6) is 1.98. The number of anilines is 1. The lowest BCUT2D eigenvalue weighted by Gasteiger charge is -2.15. The summed E-state index contributed by atoms with van der Waals surface area (Å²) < 4.78 is 2.14. The van der Waals surface area contributed by atoms with Gasteiger partial charge in [0, 0.05) is 48.4 Å². The fourth-order valence-corrected chi connectivity index (χ4v) is 4.49. The molecule has 0 radical (unpaired) electrons. The molecular formula is C26H31N7. The molecule has 2 N–H and O–H groups in total. The van der Waals surface area contributed by atoms with Gasteiger partial charge in [0.15, 0.2) is 17.3 Å². The third-order valence-corrected chi connectivity index (χ3v) is 6.61. The second kappa shape index (κ2) is 8.81. The van der Waals surface area contributed by atoms with Gasteiger partial charge in [-0.1, -0.05) is 26.0 Å². The normalized spacial score (nSPS) is 16.2. The molecule has 4 aromatic heterocycles. The Morgan fingerprint density at radius 3 is 2.97 bits per heavy atom. The quantitative estimate of drug-likeness (QED) is 0.386. The lowest BCUT2D eigenvalue weighted by molar-refractivity contribution is 0.541. The number of aromatic amines is 1. The highest BCUT2D eigenvalue weighted by Crippen LogP contribution is 2.31. The SMILES string of the molecule is CC[C@@H](C)n1cnc2c(NCCc3c[nH]c4c3C=CCC4C)nc(-c3cncc(C)c3)nc21. The molecule has 7 heteroatoms. The number of fused-ring (bicyclic) bond motifs is 2. The smallest absolute Gasteiger partial charge is 0.166 e. The summed E-state index contributed by atoms with van der Waals surface area (Å²) in [5.41, 5.74) is 7.68. The van der Waals surface area contributed by atoms with Gasteiger partial charge in [-0.2, -0.15) is 0 Å². The minimum absolute atomic E-state index is 0.307. The van der Waals surface area contributed by atoms with E-state index in [0.29, 0.717) is 17.8 Å². The number of nitrogens with one attached hydrogen (secondary N) is 2. The van der Waals surface area contributed by atoms with Gasteiger partial charge in [-0.15, -0.1) is 0 Å². The number of hydrogen-bond donors (Lipinski definition) is 2. The molecule has 1 unspecified atom stereocenters. The van der Waals surface area contributed by atoms with Crippen LogP contribution in [-0.4, -0.2) is 36.0 Å². The molecule has 7 nitrogen and oxygen atoms in total. The van der Waals surface area contributed by atoms with E-state index in [1.165, 1.54) is 16.8 Å². The van der Waals surface area contributed by atoms with Crippen molar-refractivity contribution in [2.24, 2.45) is 0 Å². The van der Waals surface area contributed by atoms with E-state index < -0.39 is 0 Å². The maximum atomic E-state index is 4.90. The Balaban J connectivity index is 1.47. The monoisotopic (exact) mass is 441 g/mol. The highest BCUT2D eigenvalue weighted by atomic mass is 15.2. The summed E-state index contributed by atoms with van der Waals surface area (Å²) in [6.07, 6.45) is 15.2. The van der Waals surface area contributed by atoms with Crippen LogP contribution >= 0.6 is 0 Å². The van der Waals surface area contributed by atoms with Gasteiger partial charge in [0.2, 0.25) is 0 Å². The van der Waals surface area contributed by atoms with Crippen molar-refractivity contribution in [1.82, 2.24) is 29.5 Å². The number of aromatic nitrogens is 6. The van der Waals surface area contributed by atoms with Crippen molar-refractivity contribution in [1.29, 1.82) is 0 Å². The van der Waals surface area contributed by atoms with Crippen molar-refractivity contribution < 1.29 is 0 Å². The second-order valence-corrected chi connectivity index (χ2v) is 9.09. The van der Waals surface area contributed by atoms with Crippen LogP contribution in [0.15, 0.2) is 37.1 Å². The second-order valence-electron chi connectivity index (χ2n) is 9.09. The van der Waals surface area contributed by atoms with E-state index in [2.05, 4.69) is 70.0 Å². The molecular weight excluding hydrogens is 410 g/mol. The first-order valence-corrected chi connectivity index (χ1v) is 11.8. The summed E-state index contributed by atoms with van der Waals surface area (Å²) in [4.78, 5) is 22.3. The van der Waals surface area contributed by atoms with E-state index in [-0.39, 0.29) is 0 Å². The van der Waals surface area contributed by atoms with Crippen LogP contribution in [0, 0.1) is 6.92 Å². The molecule has 1 aliphatic rings. The minimum atomic E-state index is 0.307. The number of allylic oxidation sites excluding steroid dienone is 1.